The van der Waals surface area contributed by atoms with Crippen molar-refractivity contribution >= 4 is 11.6 Å². The Balaban J connectivity index is 2.10. The maximum atomic E-state index is 11.8. The highest BCUT2D eigenvalue weighted by atomic mass is 16.5. The molecule has 2 aromatic rings. The summed E-state index contributed by atoms with van der Waals surface area (Å²) < 4.78 is 5.06. The van der Waals surface area contributed by atoms with Crippen molar-refractivity contribution in [2.24, 2.45) is 0 Å². The summed E-state index contributed by atoms with van der Waals surface area (Å²) in [7, 11) is 0. The summed E-state index contributed by atoms with van der Waals surface area (Å²) in [6.45, 7) is 3.95. The van der Waals surface area contributed by atoms with E-state index in [1.54, 1.807) is 30.6 Å². The first kappa shape index (κ1) is 11.3. The zero-order chi connectivity index (χ0) is 12.3. The van der Waals surface area contributed by atoms with Gasteiger partial charge in [-0.25, -0.2) is 0 Å². The molecule has 2 heterocycles. The fraction of sp³-hybridized carbons (Fsp3) is 0.250. The Morgan fingerprint density at radius 3 is 2.65 bits per heavy atom. The van der Waals surface area contributed by atoms with Crippen LogP contribution >= 0.6 is 0 Å². The maximum absolute atomic E-state index is 11.8. The van der Waals surface area contributed by atoms with Crippen LogP contribution in [0, 0.1) is 0 Å². The van der Waals surface area contributed by atoms with Crippen molar-refractivity contribution < 1.29 is 9.32 Å². The van der Waals surface area contributed by atoms with Gasteiger partial charge in [0.2, 0.25) is 0 Å². The van der Waals surface area contributed by atoms with Gasteiger partial charge in [-0.3, -0.25) is 9.78 Å². The molecule has 0 aliphatic heterocycles. The topological polar surface area (TPSA) is 68.0 Å². The number of pyridine rings is 1. The van der Waals surface area contributed by atoms with Gasteiger partial charge in [0.25, 0.3) is 5.91 Å². The molecule has 0 spiro atoms. The first-order valence-electron chi connectivity index (χ1n) is 5.35. The third-order valence-electron chi connectivity index (χ3n) is 2.27. The molecule has 0 aliphatic rings. The second-order valence-corrected chi connectivity index (χ2v) is 3.96. The van der Waals surface area contributed by atoms with Crippen molar-refractivity contribution in [2.45, 2.75) is 19.8 Å². The standard InChI is InChI=1S/C12H13N3O2/c1-8(2)11-7-10(15-17-11)12(16)14-9-3-5-13-6-4-9/h3-8H,1-2H3,(H,13,14,16). The molecular formula is C12H13N3O2. The van der Waals surface area contributed by atoms with Crippen LogP contribution in [-0.2, 0) is 0 Å². The van der Waals surface area contributed by atoms with Crippen LogP contribution in [0.15, 0.2) is 35.1 Å². The normalized spacial score (nSPS) is 10.5. The van der Waals surface area contributed by atoms with Gasteiger partial charge in [-0.2, -0.15) is 0 Å². The van der Waals surface area contributed by atoms with Crippen LogP contribution in [0.4, 0.5) is 5.69 Å². The summed E-state index contributed by atoms with van der Waals surface area (Å²) in [5, 5.41) is 6.44. The number of nitrogens with one attached hydrogen (secondary N) is 1. The highest BCUT2D eigenvalue weighted by Gasteiger charge is 2.14. The Hall–Kier alpha value is -2.17. The fourth-order valence-electron chi connectivity index (χ4n) is 1.30. The number of nitrogens with zero attached hydrogens (tertiary/aromatic N) is 2. The Labute approximate surface area is 98.8 Å². The van der Waals surface area contributed by atoms with Crippen LogP contribution in [0.1, 0.15) is 36.0 Å². The molecule has 0 radical (unpaired) electrons. The molecule has 2 aromatic heterocycles. The molecular weight excluding hydrogens is 218 g/mol. The number of amides is 1. The zero-order valence-electron chi connectivity index (χ0n) is 9.68. The molecule has 0 atom stereocenters. The van der Waals surface area contributed by atoms with E-state index in [2.05, 4.69) is 15.5 Å². The van der Waals surface area contributed by atoms with E-state index in [1.165, 1.54) is 0 Å². The Morgan fingerprint density at radius 1 is 1.35 bits per heavy atom. The molecule has 0 saturated heterocycles. The molecule has 1 amide bonds. The zero-order valence-corrected chi connectivity index (χ0v) is 9.68. The molecule has 0 fully saturated rings. The molecule has 0 saturated carbocycles. The van der Waals surface area contributed by atoms with E-state index >= 15 is 0 Å². The van der Waals surface area contributed by atoms with Crippen LogP contribution in [0.25, 0.3) is 0 Å². The van der Waals surface area contributed by atoms with Gasteiger partial charge < -0.3 is 9.84 Å². The van der Waals surface area contributed by atoms with Gasteiger partial charge in [-0.15, -0.1) is 0 Å². The predicted octanol–water partition coefficient (Wildman–Crippen LogP) is 2.45. The molecule has 0 bridgehead atoms. The average molecular weight is 231 g/mol. The van der Waals surface area contributed by atoms with Gasteiger partial charge in [0.1, 0.15) is 5.76 Å². The van der Waals surface area contributed by atoms with Gasteiger partial charge >= 0.3 is 0 Å². The maximum Gasteiger partial charge on any atom is 0.277 e. The van der Waals surface area contributed by atoms with E-state index in [9.17, 15) is 4.79 Å². The average Bonchev–Trinajstić information content (AvgIpc) is 2.79. The van der Waals surface area contributed by atoms with E-state index in [0.29, 0.717) is 11.4 Å². The highest BCUT2D eigenvalue weighted by Crippen LogP contribution is 2.15. The molecule has 0 aromatic carbocycles. The lowest BCUT2D eigenvalue weighted by Gasteiger charge is -2.00. The van der Waals surface area contributed by atoms with Gasteiger partial charge in [-0.1, -0.05) is 19.0 Å². The lowest BCUT2D eigenvalue weighted by Crippen LogP contribution is -2.12. The number of aromatic nitrogens is 2. The summed E-state index contributed by atoms with van der Waals surface area (Å²) in [4.78, 5) is 15.7. The summed E-state index contributed by atoms with van der Waals surface area (Å²) >= 11 is 0. The monoisotopic (exact) mass is 231 g/mol. The van der Waals surface area contributed by atoms with Crippen LogP contribution in [0.3, 0.4) is 0 Å². The van der Waals surface area contributed by atoms with Crippen molar-refractivity contribution in [3.05, 3.63) is 42.0 Å². The smallest absolute Gasteiger partial charge is 0.277 e. The summed E-state index contributed by atoms with van der Waals surface area (Å²) in [6, 6.07) is 5.07. The van der Waals surface area contributed by atoms with Crippen molar-refractivity contribution in [3.8, 4) is 0 Å². The molecule has 0 aliphatic carbocycles. The number of rotatable bonds is 3. The van der Waals surface area contributed by atoms with Gasteiger partial charge in [0.05, 0.1) is 0 Å². The number of carbonyl (C=O) groups is 1. The Kier molecular flexibility index (Phi) is 3.18. The molecule has 17 heavy (non-hydrogen) atoms. The lowest BCUT2D eigenvalue weighted by molar-refractivity contribution is 0.101. The van der Waals surface area contributed by atoms with Crippen LogP contribution in [0.2, 0.25) is 0 Å². The lowest BCUT2D eigenvalue weighted by atomic mass is 10.1. The second kappa shape index (κ2) is 4.78. The number of carbonyl (C=O) groups excluding carboxylic acids is 1. The molecule has 5 heteroatoms. The predicted molar refractivity (Wildman–Crippen MR) is 62.8 cm³/mol. The van der Waals surface area contributed by atoms with E-state index in [-0.39, 0.29) is 17.5 Å². The fourth-order valence-corrected chi connectivity index (χ4v) is 1.30. The van der Waals surface area contributed by atoms with E-state index in [0.717, 1.165) is 0 Å². The molecule has 2 rings (SSSR count). The molecule has 88 valence electrons. The summed E-state index contributed by atoms with van der Waals surface area (Å²) in [5.74, 6) is 0.627. The molecule has 0 unspecified atom stereocenters. The highest BCUT2D eigenvalue weighted by molar-refractivity contribution is 6.02. The second-order valence-electron chi connectivity index (χ2n) is 3.96. The minimum atomic E-state index is -0.285. The largest absolute Gasteiger partial charge is 0.360 e. The number of hydrogen-bond donors (Lipinski definition) is 1. The van der Waals surface area contributed by atoms with Gasteiger partial charge in [-0.05, 0) is 12.1 Å². The van der Waals surface area contributed by atoms with Crippen LogP contribution in [-0.4, -0.2) is 16.0 Å². The third-order valence-corrected chi connectivity index (χ3v) is 2.27. The minimum absolute atomic E-state index is 0.213. The summed E-state index contributed by atoms with van der Waals surface area (Å²) in [5.41, 5.74) is 0.963. The number of anilines is 1. The van der Waals surface area contributed by atoms with Crippen molar-refractivity contribution in [1.82, 2.24) is 10.1 Å². The first-order valence-corrected chi connectivity index (χ1v) is 5.35. The quantitative estimate of drug-likeness (QED) is 0.880. The van der Waals surface area contributed by atoms with E-state index < -0.39 is 0 Å². The number of hydrogen-bond acceptors (Lipinski definition) is 4. The molecule has 5 nitrogen and oxygen atoms in total. The Bertz CT molecular complexity index is 505. The minimum Gasteiger partial charge on any atom is -0.360 e. The SMILES string of the molecule is CC(C)c1cc(C(=O)Nc2ccncc2)no1. The third kappa shape index (κ3) is 2.69. The molecule has 1 N–H and O–H groups in total. The summed E-state index contributed by atoms with van der Waals surface area (Å²) in [6.07, 6.45) is 3.22. The van der Waals surface area contributed by atoms with E-state index in [1.807, 2.05) is 13.8 Å². The van der Waals surface area contributed by atoms with Crippen molar-refractivity contribution in [2.75, 3.05) is 5.32 Å². The van der Waals surface area contributed by atoms with Gasteiger partial charge in [0, 0.05) is 30.1 Å². The van der Waals surface area contributed by atoms with Crippen molar-refractivity contribution in [1.29, 1.82) is 0 Å². The van der Waals surface area contributed by atoms with Gasteiger partial charge in [0.15, 0.2) is 5.69 Å². The van der Waals surface area contributed by atoms with Crippen LogP contribution in [0.5, 0.6) is 0 Å². The Morgan fingerprint density at radius 2 is 2.06 bits per heavy atom. The first-order chi connectivity index (χ1) is 8.16. The van der Waals surface area contributed by atoms with Crippen molar-refractivity contribution in [3.63, 3.8) is 0 Å². The van der Waals surface area contributed by atoms with E-state index in [4.69, 9.17) is 4.52 Å². The van der Waals surface area contributed by atoms with Crippen LogP contribution < -0.4 is 5.32 Å².